The Kier molecular flexibility index (Phi) is 3.47. The summed E-state index contributed by atoms with van der Waals surface area (Å²) >= 11 is 5.72. The maximum atomic E-state index is 11.7. The van der Waals surface area contributed by atoms with Crippen LogP contribution in [-0.2, 0) is 4.74 Å². The number of hydrogen-bond donors (Lipinski definition) is 0. The summed E-state index contributed by atoms with van der Waals surface area (Å²) in [4.78, 5) is 21.1. The number of halogens is 1. The Morgan fingerprint density at radius 1 is 1.65 bits per heavy atom. The maximum Gasteiger partial charge on any atom is 0.415 e. The van der Waals surface area contributed by atoms with Crippen LogP contribution in [-0.4, -0.2) is 28.7 Å². The van der Waals surface area contributed by atoms with Gasteiger partial charge in [0.05, 0.1) is 6.04 Å². The van der Waals surface area contributed by atoms with Crippen LogP contribution in [0.1, 0.15) is 20.3 Å². The fraction of sp³-hybridized carbons (Fsp3) is 0.545. The van der Waals surface area contributed by atoms with Crippen molar-refractivity contribution in [1.82, 2.24) is 9.97 Å². The van der Waals surface area contributed by atoms with E-state index < -0.39 is 0 Å². The quantitative estimate of drug-likeness (QED) is 0.779. The van der Waals surface area contributed by atoms with Gasteiger partial charge < -0.3 is 4.74 Å². The van der Waals surface area contributed by atoms with Crippen molar-refractivity contribution in [2.24, 2.45) is 5.92 Å². The van der Waals surface area contributed by atoms with Gasteiger partial charge in [0.2, 0.25) is 5.28 Å². The van der Waals surface area contributed by atoms with Gasteiger partial charge in [-0.15, -0.1) is 0 Å². The highest BCUT2D eigenvalue weighted by Gasteiger charge is 2.35. The zero-order chi connectivity index (χ0) is 12.4. The van der Waals surface area contributed by atoms with Gasteiger partial charge >= 0.3 is 6.09 Å². The highest BCUT2D eigenvalue weighted by atomic mass is 35.5. The summed E-state index contributed by atoms with van der Waals surface area (Å²) in [5.74, 6) is 0.979. The summed E-state index contributed by atoms with van der Waals surface area (Å²) < 4.78 is 5.06. The number of nitrogens with zero attached hydrogens (tertiary/aromatic N) is 3. The van der Waals surface area contributed by atoms with E-state index in [1.807, 2.05) is 0 Å². The molecule has 2 heterocycles. The average Bonchev–Trinajstić information content (AvgIpc) is 2.59. The van der Waals surface area contributed by atoms with E-state index in [0.29, 0.717) is 18.3 Å². The van der Waals surface area contributed by atoms with E-state index in [0.717, 1.165) is 6.42 Å². The van der Waals surface area contributed by atoms with Gasteiger partial charge in [0.15, 0.2) is 0 Å². The second kappa shape index (κ2) is 4.87. The van der Waals surface area contributed by atoms with Crippen molar-refractivity contribution in [3.05, 3.63) is 17.5 Å². The molecular formula is C11H14ClN3O2. The number of ether oxygens (including phenoxy) is 1. The van der Waals surface area contributed by atoms with Crippen molar-refractivity contribution in [1.29, 1.82) is 0 Å². The third-order valence-corrected chi connectivity index (χ3v) is 2.74. The summed E-state index contributed by atoms with van der Waals surface area (Å²) in [6.45, 7) is 4.61. The van der Waals surface area contributed by atoms with E-state index >= 15 is 0 Å². The van der Waals surface area contributed by atoms with Gasteiger partial charge in [0.1, 0.15) is 12.4 Å². The van der Waals surface area contributed by atoms with Gasteiger partial charge in [0, 0.05) is 6.20 Å². The molecule has 0 unspecified atom stereocenters. The molecule has 0 N–H and O–H groups in total. The lowest BCUT2D eigenvalue weighted by Crippen LogP contribution is -2.35. The molecule has 1 aromatic heterocycles. The first-order valence-electron chi connectivity index (χ1n) is 5.52. The van der Waals surface area contributed by atoms with Crippen molar-refractivity contribution in [3.63, 3.8) is 0 Å². The normalized spacial score (nSPS) is 19.9. The Hall–Kier alpha value is -1.36. The van der Waals surface area contributed by atoms with Crippen molar-refractivity contribution in [2.75, 3.05) is 11.5 Å². The fourth-order valence-corrected chi connectivity index (χ4v) is 2.06. The van der Waals surface area contributed by atoms with Crippen LogP contribution in [0.25, 0.3) is 0 Å². The smallest absolute Gasteiger partial charge is 0.415 e. The Bertz CT molecular complexity index is 425. The summed E-state index contributed by atoms with van der Waals surface area (Å²) in [6.07, 6.45) is 2.03. The van der Waals surface area contributed by atoms with Crippen molar-refractivity contribution < 1.29 is 9.53 Å². The van der Waals surface area contributed by atoms with Crippen LogP contribution in [0.5, 0.6) is 0 Å². The maximum absolute atomic E-state index is 11.7. The predicted molar refractivity (Wildman–Crippen MR) is 64.1 cm³/mol. The molecule has 1 aromatic rings. The second-order valence-corrected chi connectivity index (χ2v) is 4.75. The number of cyclic esters (lactones) is 1. The Morgan fingerprint density at radius 3 is 3.06 bits per heavy atom. The van der Waals surface area contributed by atoms with Crippen molar-refractivity contribution in [2.45, 2.75) is 26.3 Å². The molecule has 5 nitrogen and oxygen atoms in total. The molecule has 0 aliphatic carbocycles. The van der Waals surface area contributed by atoms with Crippen molar-refractivity contribution in [3.8, 4) is 0 Å². The number of aromatic nitrogens is 2. The largest absolute Gasteiger partial charge is 0.447 e. The molecule has 0 spiro atoms. The molecule has 0 saturated carbocycles. The number of anilines is 1. The van der Waals surface area contributed by atoms with Gasteiger partial charge in [-0.3, -0.25) is 4.90 Å². The van der Waals surface area contributed by atoms with Crippen molar-refractivity contribution >= 4 is 23.5 Å². The monoisotopic (exact) mass is 255 g/mol. The Morgan fingerprint density at radius 2 is 2.41 bits per heavy atom. The molecule has 2 rings (SSSR count). The minimum Gasteiger partial charge on any atom is -0.447 e. The topological polar surface area (TPSA) is 55.3 Å². The number of amides is 1. The standard InChI is InChI=1S/C11H14ClN3O2/c1-7(2)5-8-6-17-11(16)15(8)9-3-4-13-10(12)14-9/h3-4,7-8H,5-6H2,1-2H3/t8-/m1/s1. The fourth-order valence-electron chi connectivity index (χ4n) is 1.92. The van der Waals surface area contributed by atoms with Crippen LogP contribution in [0.15, 0.2) is 12.3 Å². The molecular weight excluding hydrogens is 242 g/mol. The van der Waals surface area contributed by atoms with Crippen LogP contribution >= 0.6 is 11.6 Å². The van der Waals surface area contributed by atoms with E-state index in [1.165, 1.54) is 6.20 Å². The third kappa shape index (κ3) is 2.66. The zero-order valence-electron chi connectivity index (χ0n) is 9.76. The third-order valence-electron chi connectivity index (χ3n) is 2.56. The highest BCUT2D eigenvalue weighted by Crippen LogP contribution is 2.25. The van der Waals surface area contributed by atoms with Crippen LogP contribution in [0.4, 0.5) is 10.6 Å². The Balaban J connectivity index is 2.24. The molecule has 0 bridgehead atoms. The van der Waals surface area contributed by atoms with Crippen LogP contribution in [0.2, 0.25) is 5.28 Å². The van der Waals surface area contributed by atoms with Gasteiger partial charge in [-0.2, -0.15) is 0 Å². The number of rotatable bonds is 3. The second-order valence-electron chi connectivity index (χ2n) is 4.41. The van der Waals surface area contributed by atoms with E-state index in [1.54, 1.807) is 11.0 Å². The Labute approximate surface area is 105 Å². The van der Waals surface area contributed by atoms with Gasteiger partial charge in [-0.05, 0) is 30.0 Å². The minimum absolute atomic E-state index is 0.0217. The zero-order valence-corrected chi connectivity index (χ0v) is 10.5. The molecule has 1 fully saturated rings. The summed E-state index contributed by atoms with van der Waals surface area (Å²) in [5.41, 5.74) is 0. The molecule has 1 aliphatic rings. The lowest BCUT2D eigenvalue weighted by molar-refractivity contribution is 0.178. The van der Waals surface area contributed by atoms with E-state index in [2.05, 4.69) is 23.8 Å². The van der Waals surface area contributed by atoms with Crippen LogP contribution < -0.4 is 4.90 Å². The minimum atomic E-state index is -0.370. The molecule has 1 aliphatic heterocycles. The molecule has 6 heteroatoms. The molecule has 1 amide bonds. The number of hydrogen-bond acceptors (Lipinski definition) is 4. The van der Waals surface area contributed by atoms with E-state index in [-0.39, 0.29) is 17.4 Å². The summed E-state index contributed by atoms with van der Waals surface area (Å²) in [6, 6.07) is 1.68. The molecule has 92 valence electrons. The lowest BCUT2D eigenvalue weighted by atomic mass is 10.0. The summed E-state index contributed by atoms with van der Waals surface area (Å²) in [7, 11) is 0. The summed E-state index contributed by atoms with van der Waals surface area (Å²) in [5, 5.41) is 0.130. The average molecular weight is 256 g/mol. The first-order valence-corrected chi connectivity index (χ1v) is 5.90. The highest BCUT2D eigenvalue weighted by molar-refractivity contribution is 6.28. The van der Waals surface area contributed by atoms with Gasteiger partial charge in [-0.25, -0.2) is 14.8 Å². The molecule has 1 saturated heterocycles. The van der Waals surface area contributed by atoms with Gasteiger partial charge in [-0.1, -0.05) is 13.8 Å². The van der Waals surface area contributed by atoms with Crippen LogP contribution in [0.3, 0.4) is 0 Å². The van der Waals surface area contributed by atoms with E-state index in [4.69, 9.17) is 16.3 Å². The van der Waals surface area contributed by atoms with E-state index in [9.17, 15) is 4.79 Å². The van der Waals surface area contributed by atoms with Gasteiger partial charge in [0.25, 0.3) is 0 Å². The number of carbonyl (C=O) groups is 1. The molecule has 0 aromatic carbocycles. The molecule has 1 atom stereocenters. The molecule has 17 heavy (non-hydrogen) atoms. The first kappa shape index (κ1) is 12.1. The SMILES string of the molecule is CC(C)C[C@@H]1COC(=O)N1c1ccnc(Cl)n1. The molecule has 0 radical (unpaired) electrons. The van der Waals surface area contributed by atoms with Crippen LogP contribution in [0, 0.1) is 5.92 Å². The number of carbonyl (C=O) groups excluding carboxylic acids is 1. The first-order chi connectivity index (χ1) is 8.08. The lowest BCUT2D eigenvalue weighted by Gasteiger charge is -2.21. The predicted octanol–water partition coefficient (Wildman–Crippen LogP) is 2.50.